The van der Waals surface area contributed by atoms with Crippen LogP contribution in [0.2, 0.25) is 0 Å². The lowest BCUT2D eigenvalue weighted by Crippen LogP contribution is -2.47. The van der Waals surface area contributed by atoms with E-state index < -0.39 is 24.3 Å². The number of aliphatic hydroxyl groups excluding tert-OH is 3. The second-order valence-electron chi connectivity index (χ2n) is 22.4. The molecular formula is C55H71N5O13. The lowest BCUT2D eigenvalue weighted by atomic mass is 9.75. The van der Waals surface area contributed by atoms with Gasteiger partial charge in [0, 0.05) is 26.1 Å². The summed E-state index contributed by atoms with van der Waals surface area (Å²) in [6.07, 6.45) is 1.59. The SMILES string of the molecule is CC1(C)CCN2C(=O)C(=O)Cc3cccc1c32.CC1(C)CCn2c(=O)c(OC[C@H](O)CO)nc3cccc1c32.CC1(C)OC[C@H](CO)O1.CC1(C)OC[C@H](COc2nc3cccc4c3n(c2=O)CCC4(C)C)O1. The molecule has 1 amide bonds. The number of ether oxygens (including phenoxy) is 6. The Bertz CT molecular complexity index is 3010. The van der Waals surface area contributed by atoms with Crippen molar-refractivity contribution >= 4 is 39.4 Å². The van der Waals surface area contributed by atoms with Gasteiger partial charge in [-0.2, -0.15) is 0 Å². The number of Topliss-reactive ketones (excluding diaryl/α,β-unsaturated/α-hetero) is 1. The fourth-order valence-corrected chi connectivity index (χ4v) is 10.3. The van der Waals surface area contributed by atoms with Crippen molar-refractivity contribution in [1.29, 1.82) is 0 Å². The van der Waals surface area contributed by atoms with Crippen molar-refractivity contribution in [3.05, 3.63) is 97.6 Å². The average Bonchev–Trinajstić information content (AvgIpc) is 3.90. The number of aryl methyl sites for hydroxylation is 2. The number of aliphatic hydroxyl groups is 3. The Kier molecular flexibility index (Phi) is 15.2. The number of benzene rings is 3. The van der Waals surface area contributed by atoms with Crippen LogP contribution in [0.3, 0.4) is 0 Å². The first-order valence-corrected chi connectivity index (χ1v) is 25.2. The molecule has 73 heavy (non-hydrogen) atoms. The minimum Gasteiger partial charge on any atom is -0.471 e. The van der Waals surface area contributed by atoms with Crippen molar-refractivity contribution in [3.8, 4) is 11.8 Å². The quantitative estimate of drug-likeness (QED) is 0.166. The van der Waals surface area contributed by atoms with Gasteiger partial charge in [0.05, 0.1) is 54.2 Å². The van der Waals surface area contributed by atoms with Crippen molar-refractivity contribution in [3.63, 3.8) is 0 Å². The van der Waals surface area contributed by atoms with Gasteiger partial charge < -0.3 is 57.8 Å². The second kappa shape index (κ2) is 20.6. The molecule has 0 bridgehead atoms. The minimum absolute atomic E-state index is 0.00306. The predicted octanol–water partition coefficient (Wildman–Crippen LogP) is 5.37. The summed E-state index contributed by atoms with van der Waals surface area (Å²) in [5, 5.41) is 26.8. The standard InChI is InChI=1S/C19H24N2O4.C16H20N2O4.C14H15NO2.C6H12O3/c1-18(2)8-9-21-15-13(18)6-5-7-14(15)20-16(17(21)22)23-10-12-11-24-19(3,4)25-12;1-16(2)6-7-18-13-11(16)4-3-5-12(13)17-14(15(18)21)22-9-10(20)8-19;1-14(2)6-7-15-12-9(4-3-5-10(12)14)8-11(16)13(15)17;1-6(2)8-4-5(3-7)9-6/h5-7,12H,8-11H2,1-4H3;3-5,10,19-20H,6-9H2,1-2H3;3-5H,6-8H2,1-2H3;5,7H,3-4H2,1-2H3/t12-;10-;;5-/m01.0/s1. The van der Waals surface area contributed by atoms with E-state index in [-0.39, 0.29) is 89.3 Å². The van der Waals surface area contributed by atoms with Crippen molar-refractivity contribution in [2.24, 2.45) is 0 Å². The summed E-state index contributed by atoms with van der Waals surface area (Å²) in [6.45, 7) is 23.2. The summed E-state index contributed by atoms with van der Waals surface area (Å²) in [6, 6.07) is 17.9. The van der Waals surface area contributed by atoms with Gasteiger partial charge in [0.2, 0.25) is 5.78 Å². The van der Waals surface area contributed by atoms with Gasteiger partial charge in [0.25, 0.3) is 17.7 Å². The summed E-state index contributed by atoms with van der Waals surface area (Å²) in [7, 11) is 0. The first-order valence-electron chi connectivity index (χ1n) is 25.2. The third-order valence-corrected chi connectivity index (χ3v) is 14.5. The number of aromatic nitrogens is 4. The highest BCUT2D eigenvalue weighted by Crippen LogP contribution is 2.44. The monoisotopic (exact) mass is 1010 g/mol. The van der Waals surface area contributed by atoms with Gasteiger partial charge >= 0.3 is 11.1 Å². The maximum Gasteiger partial charge on any atom is 0.313 e. The van der Waals surface area contributed by atoms with Crippen LogP contribution in [0.15, 0.2) is 64.2 Å². The number of carbonyl (C=O) groups excluding carboxylic acids is 2. The van der Waals surface area contributed by atoms with Gasteiger partial charge in [-0.3, -0.25) is 19.2 Å². The van der Waals surface area contributed by atoms with Crippen molar-refractivity contribution in [2.75, 3.05) is 51.1 Å². The van der Waals surface area contributed by atoms with Gasteiger partial charge in [-0.15, -0.1) is 0 Å². The van der Waals surface area contributed by atoms with Gasteiger partial charge in [0.15, 0.2) is 11.6 Å². The van der Waals surface area contributed by atoms with Crippen LogP contribution in [0.4, 0.5) is 5.69 Å². The number of para-hydroxylation sites is 3. The van der Waals surface area contributed by atoms with Gasteiger partial charge in [-0.25, -0.2) is 9.97 Å². The Hall–Kier alpha value is -5.60. The Labute approximate surface area is 425 Å². The van der Waals surface area contributed by atoms with Crippen LogP contribution < -0.4 is 25.5 Å². The predicted molar refractivity (Wildman–Crippen MR) is 273 cm³/mol. The lowest BCUT2D eigenvalue weighted by molar-refractivity contribution is -0.142. The highest BCUT2D eigenvalue weighted by Gasteiger charge is 2.41. The maximum absolute atomic E-state index is 12.8. The van der Waals surface area contributed by atoms with E-state index in [4.69, 9.17) is 38.6 Å². The highest BCUT2D eigenvalue weighted by atomic mass is 16.8. The second-order valence-corrected chi connectivity index (χ2v) is 22.4. The van der Waals surface area contributed by atoms with E-state index in [0.29, 0.717) is 38.4 Å². The molecule has 0 spiro atoms. The zero-order valence-corrected chi connectivity index (χ0v) is 43.8. The van der Waals surface area contributed by atoms with Crippen LogP contribution in [-0.2, 0) is 64.3 Å². The van der Waals surface area contributed by atoms with E-state index in [1.165, 1.54) is 11.1 Å². The number of ketones is 1. The summed E-state index contributed by atoms with van der Waals surface area (Å²) >= 11 is 0. The third-order valence-electron chi connectivity index (χ3n) is 14.5. The molecule has 5 aromatic rings. The van der Waals surface area contributed by atoms with Crippen molar-refractivity contribution in [2.45, 2.75) is 154 Å². The van der Waals surface area contributed by atoms with E-state index in [2.05, 4.69) is 63.6 Å². The largest absolute Gasteiger partial charge is 0.471 e. The van der Waals surface area contributed by atoms with Crippen LogP contribution >= 0.6 is 0 Å². The Morgan fingerprint density at radius 1 is 0.644 bits per heavy atom. The van der Waals surface area contributed by atoms with E-state index >= 15 is 0 Å². The highest BCUT2D eigenvalue weighted by molar-refractivity contribution is 6.43. The van der Waals surface area contributed by atoms with Crippen molar-refractivity contribution in [1.82, 2.24) is 19.1 Å². The number of rotatable bonds is 8. The van der Waals surface area contributed by atoms with E-state index in [1.807, 2.05) is 70.2 Å². The molecule has 0 aliphatic carbocycles. The summed E-state index contributed by atoms with van der Waals surface area (Å²) in [5.74, 6) is -1.61. The van der Waals surface area contributed by atoms with Crippen LogP contribution in [-0.4, -0.2) is 122 Å². The molecule has 0 radical (unpaired) electrons. The third kappa shape index (κ3) is 11.3. The Morgan fingerprint density at radius 3 is 1.62 bits per heavy atom. The molecule has 3 atom stereocenters. The van der Waals surface area contributed by atoms with E-state index in [9.17, 15) is 24.3 Å². The van der Waals surface area contributed by atoms with Crippen LogP contribution in [0.1, 0.15) is 111 Å². The lowest BCUT2D eigenvalue weighted by Gasteiger charge is -2.41. The molecule has 0 unspecified atom stereocenters. The summed E-state index contributed by atoms with van der Waals surface area (Å²) in [5.41, 5.74) is 8.43. The fraction of sp³-hybridized carbons (Fsp3) is 0.564. The molecule has 0 saturated carbocycles. The molecule has 3 N–H and O–H groups in total. The molecule has 2 aromatic heterocycles. The maximum atomic E-state index is 12.8. The molecule has 394 valence electrons. The zero-order chi connectivity index (χ0) is 52.8. The van der Waals surface area contributed by atoms with Crippen LogP contribution in [0.5, 0.6) is 11.8 Å². The molecule has 11 rings (SSSR count). The number of anilines is 1. The molecule has 3 aromatic carbocycles. The number of hydrogen-bond donors (Lipinski definition) is 3. The first kappa shape index (κ1) is 53.7. The van der Waals surface area contributed by atoms with Crippen molar-refractivity contribution < 1.29 is 53.3 Å². The zero-order valence-electron chi connectivity index (χ0n) is 43.8. The average molecular weight is 1010 g/mol. The molecule has 6 aliphatic heterocycles. The smallest absolute Gasteiger partial charge is 0.313 e. The van der Waals surface area contributed by atoms with Gasteiger partial charge in [0.1, 0.15) is 31.5 Å². The Morgan fingerprint density at radius 2 is 1.12 bits per heavy atom. The summed E-state index contributed by atoms with van der Waals surface area (Å²) < 4.78 is 36.2. The Balaban J connectivity index is 0.000000136. The number of carbonyl (C=O) groups is 2. The number of amides is 1. The molecule has 18 heteroatoms. The number of nitrogens with zero attached hydrogens (tertiary/aromatic N) is 5. The molecule has 8 heterocycles. The first-order chi connectivity index (χ1) is 34.3. The minimum atomic E-state index is -1.02. The van der Waals surface area contributed by atoms with E-state index in [1.54, 1.807) is 14.0 Å². The molecule has 2 saturated heterocycles. The topological polar surface area (TPSA) is 223 Å². The van der Waals surface area contributed by atoms with Gasteiger partial charge in [-0.05, 0) is 97.6 Å². The van der Waals surface area contributed by atoms with E-state index in [0.717, 1.165) is 52.6 Å². The molecule has 18 nitrogen and oxygen atoms in total. The summed E-state index contributed by atoms with van der Waals surface area (Å²) in [4.78, 5) is 59.4. The van der Waals surface area contributed by atoms with Gasteiger partial charge in [-0.1, -0.05) is 84.0 Å². The fourth-order valence-electron chi connectivity index (χ4n) is 10.3. The molecular weight excluding hydrogens is 939 g/mol. The molecule has 2 fully saturated rings. The van der Waals surface area contributed by atoms with Crippen LogP contribution in [0, 0.1) is 0 Å². The number of hydrogen-bond acceptors (Lipinski definition) is 15. The molecule has 6 aliphatic rings. The van der Waals surface area contributed by atoms with Crippen LogP contribution in [0.25, 0.3) is 22.1 Å². The normalized spacial score (nSPS) is 22.5.